The molecule has 6 heteroatoms. The minimum atomic E-state index is 0.0740. The Morgan fingerprint density at radius 1 is 1.32 bits per heavy atom. The molecule has 1 saturated heterocycles. The summed E-state index contributed by atoms with van der Waals surface area (Å²) in [6.45, 7) is 1.91. The van der Waals surface area contributed by atoms with E-state index in [1.165, 1.54) is 22.2 Å². The van der Waals surface area contributed by atoms with E-state index in [2.05, 4.69) is 20.2 Å². The van der Waals surface area contributed by atoms with Crippen molar-refractivity contribution in [3.63, 3.8) is 0 Å². The molecular weight excluding hydrogens is 260 g/mol. The summed E-state index contributed by atoms with van der Waals surface area (Å²) in [5.74, 6) is 1.02. The maximum absolute atomic E-state index is 11.6. The van der Waals surface area contributed by atoms with Gasteiger partial charge in [-0.25, -0.2) is 9.97 Å². The van der Waals surface area contributed by atoms with Gasteiger partial charge in [0.1, 0.15) is 17.0 Å². The fourth-order valence-corrected chi connectivity index (χ4v) is 4.19. The van der Waals surface area contributed by atoms with Crippen LogP contribution >= 0.6 is 11.3 Å². The van der Waals surface area contributed by atoms with Gasteiger partial charge in [0.05, 0.1) is 11.9 Å². The van der Waals surface area contributed by atoms with Gasteiger partial charge in [0, 0.05) is 18.0 Å². The maximum atomic E-state index is 11.6. The van der Waals surface area contributed by atoms with E-state index in [4.69, 9.17) is 0 Å². The molecule has 1 aliphatic heterocycles. The Morgan fingerprint density at radius 2 is 2.26 bits per heavy atom. The van der Waals surface area contributed by atoms with Crippen molar-refractivity contribution in [1.29, 1.82) is 0 Å². The molecule has 1 fully saturated rings. The van der Waals surface area contributed by atoms with E-state index in [0.29, 0.717) is 13.1 Å². The Bertz CT molecular complexity index is 666. The van der Waals surface area contributed by atoms with Crippen molar-refractivity contribution < 1.29 is 4.79 Å². The second kappa shape index (κ2) is 4.16. The van der Waals surface area contributed by atoms with Gasteiger partial charge < -0.3 is 10.2 Å². The number of carbonyl (C=O) groups excluding carboxylic acids is 1. The van der Waals surface area contributed by atoms with E-state index >= 15 is 0 Å². The van der Waals surface area contributed by atoms with Gasteiger partial charge in [0.2, 0.25) is 5.91 Å². The Labute approximate surface area is 114 Å². The molecule has 5 nitrogen and oxygen atoms in total. The lowest BCUT2D eigenvalue weighted by Gasteiger charge is -2.28. The molecule has 0 bridgehead atoms. The second-order valence-corrected chi connectivity index (χ2v) is 6.09. The molecular formula is C13H14N4OS. The highest BCUT2D eigenvalue weighted by molar-refractivity contribution is 7.19. The van der Waals surface area contributed by atoms with E-state index in [9.17, 15) is 4.79 Å². The topological polar surface area (TPSA) is 58.1 Å². The molecule has 19 heavy (non-hydrogen) atoms. The number of aromatic nitrogens is 2. The number of hydrogen-bond acceptors (Lipinski definition) is 5. The van der Waals surface area contributed by atoms with Crippen LogP contribution in [0.25, 0.3) is 10.2 Å². The van der Waals surface area contributed by atoms with E-state index < -0.39 is 0 Å². The highest BCUT2D eigenvalue weighted by atomic mass is 32.1. The normalized spacial score (nSPS) is 18.7. The lowest BCUT2D eigenvalue weighted by Crippen LogP contribution is -2.48. The number of amides is 1. The Kier molecular flexibility index (Phi) is 2.44. The third kappa shape index (κ3) is 1.70. The molecule has 1 amide bonds. The van der Waals surface area contributed by atoms with Crippen molar-refractivity contribution in [2.75, 3.05) is 24.5 Å². The molecule has 1 aliphatic carbocycles. The molecule has 0 atom stereocenters. The molecule has 0 radical (unpaired) electrons. The predicted molar refractivity (Wildman–Crippen MR) is 74.7 cm³/mol. The van der Waals surface area contributed by atoms with Crippen LogP contribution in [0.3, 0.4) is 0 Å². The van der Waals surface area contributed by atoms with Crippen LogP contribution in [0.1, 0.15) is 16.9 Å². The van der Waals surface area contributed by atoms with Crippen molar-refractivity contribution in [2.24, 2.45) is 0 Å². The average molecular weight is 274 g/mol. The van der Waals surface area contributed by atoms with Gasteiger partial charge in [0.25, 0.3) is 0 Å². The van der Waals surface area contributed by atoms with Crippen molar-refractivity contribution in [3.8, 4) is 0 Å². The maximum Gasteiger partial charge on any atom is 0.239 e. The largest absolute Gasteiger partial charge is 0.353 e. The highest BCUT2D eigenvalue weighted by Crippen LogP contribution is 2.40. The number of hydrogen-bond donors (Lipinski definition) is 1. The van der Waals surface area contributed by atoms with E-state index in [0.717, 1.165) is 30.0 Å². The number of carbonyl (C=O) groups is 1. The van der Waals surface area contributed by atoms with Gasteiger partial charge in [-0.1, -0.05) is 0 Å². The van der Waals surface area contributed by atoms with Crippen LogP contribution in [0.4, 0.5) is 5.82 Å². The molecule has 0 aromatic carbocycles. The fraction of sp³-hybridized carbons (Fsp3) is 0.462. The third-order valence-corrected chi connectivity index (χ3v) is 5.02. The summed E-state index contributed by atoms with van der Waals surface area (Å²) in [6, 6.07) is 0. The van der Waals surface area contributed by atoms with Crippen LogP contribution in [0, 0.1) is 0 Å². The summed E-state index contributed by atoms with van der Waals surface area (Å²) in [5, 5.41) is 4.04. The number of nitrogens with zero attached hydrogens (tertiary/aromatic N) is 3. The first kappa shape index (κ1) is 11.2. The summed E-state index contributed by atoms with van der Waals surface area (Å²) in [4.78, 5) is 25.0. The highest BCUT2D eigenvalue weighted by Gasteiger charge is 2.25. The van der Waals surface area contributed by atoms with Gasteiger partial charge >= 0.3 is 0 Å². The van der Waals surface area contributed by atoms with E-state index in [1.54, 1.807) is 17.7 Å². The van der Waals surface area contributed by atoms with Crippen molar-refractivity contribution >= 4 is 33.3 Å². The van der Waals surface area contributed by atoms with Crippen LogP contribution in [0.5, 0.6) is 0 Å². The van der Waals surface area contributed by atoms with Gasteiger partial charge in [-0.2, -0.15) is 0 Å². The zero-order valence-corrected chi connectivity index (χ0v) is 11.3. The van der Waals surface area contributed by atoms with Crippen LogP contribution in [-0.2, 0) is 17.6 Å². The standard InChI is InChI=1S/C13H14N4OS/c18-10-6-17(5-4-14-10)12-11-8-2-1-3-9(8)19-13(11)16-7-15-12/h7H,1-6H2,(H,14,18). The minimum absolute atomic E-state index is 0.0740. The third-order valence-electron chi connectivity index (χ3n) is 3.82. The smallest absolute Gasteiger partial charge is 0.239 e. The Hall–Kier alpha value is -1.69. The van der Waals surface area contributed by atoms with E-state index in [1.807, 2.05) is 0 Å². The van der Waals surface area contributed by atoms with Crippen molar-refractivity contribution in [1.82, 2.24) is 15.3 Å². The van der Waals surface area contributed by atoms with Crippen LogP contribution in [0.15, 0.2) is 6.33 Å². The predicted octanol–water partition coefficient (Wildman–Crippen LogP) is 1.12. The SMILES string of the molecule is O=C1CN(c2ncnc3sc4c(c23)CCC4)CCN1. The zero-order chi connectivity index (χ0) is 12.8. The quantitative estimate of drug-likeness (QED) is 0.846. The fourth-order valence-electron chi connectivity index (χ4n) is 2.97. The molecule has 0 spiro atoms. The van der Waals surface area contributed by atoms with Crippen molar-refractivity contribution in [2.45, 2.75) is 19.3 Å². The number of thiophene rings is 1. The van der Waals surface area contributed by atoms with Gasteiger partial charge in [-0.15, -0.1) is 11.3 Å². The molecule has 3 heterocycles. The van der Waals surface area contributed by atoms with Crippen molar-refractivity contribution in [3.05, 3.63) is 16.8 Å². The first-order valence-electron chi connectivity index (χ1n) is 6.60. The van der Waals surface area contributed by atoms with Gasteiger partial charge in [-0.05, 0) is 24.8 Å². The first-order chi connectivity index (χ1) is 9.33. The number of rotatable bonds is 1. The molecule has 2 aromatic heterocycles. The van der Waals surface area contributed by atoms with Gasteiger partial charge in [-0.3, -0.25) is 4.79 Å². The summed E-state index contributed by atoms with van der Waals surface area (Å²) >= 11 is 1.79. The molecule has 98 valence electrons. The lowest BCUT2D eigenvalue weighted by molar-refractivity contribution is -0.120. The molecule has 4 rings (SSSR count). The lowest BCUT2D eigenvalue weighted by atomic mass is 10.1. The zero-order valence-electron chi connectivity index (χ0n) is 10.5. The number of aryl methyl sites for hydroxylation is 2. The average Bonchev–Trinajstić information content (AvgIpc) is 2.98. The number of nitrogens with one attached hydrogen (secondary N) is 1. The summed E-state index contributed by atoms with van der Waals surface area (Å²) in [5.41, 5.74) is 1.42. The minimum Gasteiger partial charge on any atom is -0.353 e. The second-order valence-electron chi connectivity index (χ2n) is 5.01. The van der Waals surface area contributed by atoms with Gasteiger partial charge in [0.15, 0.2) is 0 Å². The molecule has 2 aromatic rings. The van der Waals surface area contributed by atoms with E-state index in [-0.39, 0.29) is 5.91 Å². The van der Waals surface area contributed by atoms with Crippen LogP contribution < -0.4 is 10.2 Å². The molecule has 1 N–H and O–H groups in total. The Morgan fingerprint density at radius 3 is 3.16 bits per heavy atom. The summed E-state index contributed by atoms with van der Waals surface area (Å²) < 4.78 is 0. The number of anilines is 1. The summed E-state index contributed by atoms with van der Waals surface area (Å²) in [6.07, 6.45) is 5.13. The van der Waals surface area contributed by atoms with Crippen LogP contribution in [-0.4, -0.2) is 35.5 Å². The molecule has 0 saturated carbocycles. The summed E-state index contributed by atoms with van der Waals surface area (Å²) in [7, 11) is 0. The molecule has 0 unspecified atom stereocenters. The Balaban J connectivity index is 1.87. The molecule has 2 aliphatic rings. The number of piperazine rings is 1. The van der Waals surface area contributed by atoms with Crippen LogP contribution in [0.2, 0.25) is 0 Å². The first-order valence-corrected chi connectivity index (χ1v) is 7.41. The number of fused-ring (bicyclic) bond motifs is 3. The monoisotopic (exact) mass is 274 g/mol.